The predicted molar refractivity (Wildman–Crippen MR) is 75.6 cm³/mol. The van der Waals surface area contributed by atoms with E-state index in [1.807, 2.05) is 11.8 Å². The lowest BCUT2D eigenvalue weighted by atomic mass is 9.51. The van der Waals surface area contributed by atoms with E-state index in [0.29, 0.717) is 17.0 Å². The van der Waals surface area contributed by atoms with E-state index < -0.39 is 0 Å². The van der Waals surface area contributed by atoms with Gasteiger partial charge in [0.2, 0.25) is 0 Å². The first-order valence-corrected chi connectivity index (χ1v) is 9.01. The van der Waals surface area contributed by atoms with Crippen molar-refractivity contribution in [2.24, 2.45) is 29.6 Å². The van der Waals surface area contributed by atoms with Crippen molar-refractivity contribution in [2.75, 3.05) is 5.75 Å². The van der Waals surface area contributed by atoms with Crippen LogP contribution in [0.5, 0.6) is 0 Å². The molecule has 0 radical (unpaired) electrons. The second-order valence-electron chi connectivity index (χ2n) is 7.21. The summed E-state index contributed by atoms with van der Waals surface area (Å²) in [4.78, 5) is 12.9. The standard InChI is InChI=1S/C16H24OS/c17-16(14-3-1-2-4-18-14)15-12-6-10-5-11(8-12)9-13(15)7-10/h10-15H,1-9H2. The molecule has 4 bridgehead atoms. The third-order valence-electron chi connectivity index (χ3n) is 6.05. The molecule has 1 atom stereocenters. The summed E-state index contributed by atoms with van der Waals surface area (Å²) in [7, 11) is 0. The Morgan fingerprint density at radius 2 is 1.56 bits per heavy atom. The van der Waals surface area contributed by atoms with Gasteiger partial charge in [0.1, 0.15) is 5.78 Å². The Labute approximate surface area is 114 Å². The van der Waals surface area contributed by atoms with Crippen LogP contribution in [0, 0.1) is 29.6 Å². The van der Waals surface area contributed by atoms with E-state index in [-0.39, 0.29) is 0 Å². The first-order chi connectivity index (χ1) is 8.81. The molecule has 0 N–H and O–H groups in total. The molecule has 1 nitrogen and oxygen atoms in total. The highest BCUT2D eigenvalue weighted by molar-refractivity contribution is 8.00. The number of carbonyl (C=O) groups is 1. The van der Waals surface area contributed by atoms with Crippen molar-refractivity contribution >= 4 is 17.5 Å². The van der Waals surface area contributed by atoms with Crippen LogP contribution in [0.4, 0.5) is 0 Å². The molecule has 4 aliphatic carbocycles. The molecule has 100 valence electrons. The van der Waals surface area contributed by atoms with Crippen LogP contribution in [0.15, 0.2) is 0 Å². The Kier molecular flexibility index (Phi) is 2.98. The van der Waals surface area contributed by atoms with E-state index in [0.717, 1.165) is 23.7 Å². The minimum absolute atomic E-state index is 0.376. The molecule has 0 aromatic heterocycles. The largest absolute Gasteiger partial charge is 0.298 e. The molecule has 0 spiro atoms. The minimum atomic E-state index is 0.376. The number of carbonyl (C=O) groups excluding carboxylic acids is 1. The summed E-state index contributed by atoms with van der Waals surface area (Å²) in [6.07, 6.45) is 10.8. The highest BCUT2D eigenvalue weighted by Crippen LogP contribution is 2.57. The molecular formula is C16H24OS. The van der Waals surface area contributed by atoms with Gasteiger partial charge in [-0.2, -0.15) is 11.8 Å². The van der Waals surface area contributed by atoms with Crippen LogP contribution < -0.4 is 0 Å². The maximum Gasteiger partial charge on any atom is 0.149 e. The lowest BCUT2D eigenvalue weighted by molar-refractivity contribution is -0.135. The normalized spacial score (nSPS) is 50.4. The van der Waals surface area contributed by atoms with Crippen LogP contribution in [-0.2, 0) is 4.79 Å². The summed E-state index contributed by atoms with van der Waals surface area (Å²) in [5.74, 6) is 5.95. The van der Waals surface area contributed by atoms with Crippen molar-refractivity contribution in [3.8, 4) is 0 Å². The van der Waals surface area contributed by atoms with E-state index >= 15 is 0 Å². The van der Waals surface area contributed by atoms with Crippen molar-refractivity contribution in [3.63, 3.8) is 0 Å². The second-order valence-corrected chi connectivity index (χ2v) is 8.52. The summed E-state index contributed by atoms with van der Waals surface area (Å²) >= 11 is 1.97. The topological polar surface area (TPSA) is 17.1 Å². The number of ketones is 1. The lowest BCUT2D eigenvalue weighted by Gasteiger charge is -2.54. The fourth-order valence-electron chi connectivity index (χ4n) is 5.57. The maximum absolute atomic E-state index is 12.9. The van der Waals surface area contributed by atoms with Crippen molar-refractivity contribution in [3.05, 3.63) is 0 Å². The van der Waals surface area contributed by atoms with Gasteiger partial charge in [-0.1, -0.05) is 6.42 Å². The van der Waals surface area contributed by atoms with Gasteiger partial charge in [-0.05, 0) is 74.4 Å². The first kappa shape index (κ1) is 11.8. The number of rotatable bonds is 2. The zero-order chi connectivity index (χ0) is 12.1. The van der Waals surface area contributed by atoms with Gasteiger partial charge in [-0.15, -0.1) is 0 Å². The fraction of sp³-hybridized carbons (Fsp3) is 0.938. The Balaban J connectivity index is 1.52. The summed E-state index contributed by atoms with van der Waals surface area (Å²) in [5, 5.41) is 0.376. The zero-order valence-corrected chi connectivity index (χ0v) is 12.0. The van der Waals surface area contributed by atoms with Gasteiger partial charge in [0.05, 0.1) is 5.25 Å². The minimum Gasteiger partial charge on any atom is -0.298 e. The SMILES string of the molecule is O=C(C1CCCCS1)C1C2CC3CC(C2)CC1C3. The van der Waals surface area contributed by atoms with Gasteiger partial charge in [0.15, 0.2) is 0 Å². The molecule has 1 heterocycles. The summed E-state index contributed by atoms with van der Waals surface area (Å²) in [6.45, 7) is 0. The van der Waals surface area contributed by atoms with Crippen LogP contribution in [0.3, 0.4) is 0 Å². The Hall–Kier alpha value is 0.0200. The highest BCUT2D eigenvalue weighted by atomic mass is 32.2. The molecule has 2 heteroatoms. The van der Waals surface area contributed by atoms with Crippen LogP contribution >= 0.6 is 11.8 Å². The molecule has 1 saturated heterocycles. The Bertz CT molecular complexity index is 317. The summed E-state index contributed by atoms with van der Waals surface area (Å²) < 4.78 is 0. The highest BCUT2D eigenvalue weighted by Gasteiger charge is 2.51. The molecule has 4 saturated carbocycles. The number of thioether (sulfide) groups is 1. The van der Waals surface area contributed by atoms with Crippen LogP contribution in [0.25, 0.3) is 0 Å². The molecule has 0 aromatic carbocycles. The van der Waals surface area contributed by atoms with Gasteiger partial charge >= 0.3 is 0 Å². The van der Waals surface area contributed by atoms with E-state index in [1.165, 1.54) is 57.1 Å². The molecular weight excluding hydrogens is 240 g/mol. The third kappa shape index (κ3) is 1.87. The van der Waals surface area contributed by atoms with E-state index in [1.54, 1.807) is 0 Å². The van der Waals surface area contributed by atoms with Gasteiger partial charge in [-0.3, -0.25) is 4.79 Å². The van der Waals surface area contributed by atoms with Gasteiger partial charge in [0, 0.05) is 5.92 Å². The number of hydrogen-bond acceptors (Lipinski definition) is 2. The molecule has 1 unspecified atom stereocenters. The van der Waals surface area contributed by atoms with E-state index in [4.69, 9.17) is 0 Å². The van der Waals surface area contributed by atoms with Crippen LogP contribution in [-0.4, -0.2) is 16.8 Å². The van der Waals surface area contributed by atoms with Crippen molar-refractivity contribution < 1.29 is 4.79 Å². The summed E-state index contributed by atoms with van der Waals surface area (Å²) in [5.41, 5.74) is 0. The molecule has 0 aromatic rings. The van der Waals surface area contributed by atoms with Crippen molar-refractivity contribution in [2.45, 2.75) is 56.6 Å². The number of Topliss-reactive ketones (excluding diaryl/α,β-unsaturated/α-hetero) is 1. The molecule has 1 aliphatic heterocycles. The average molecular weight is 264 g/mol. The lowest BCUT2D eigenvalue weighted by Crippen LogP contribution is -2.50. The van der Waals surface area contributed by atoms with Gasteiger partial charge < -0.3 is 0 Å². The Morgan fingerprint density at radius 1 is 0.889 bits per heavy atom. The number of hydrogen-bond donors (Lipinski definition) is 0. The third-order valence-corrected chi connectivity index (χ3v) is 7.45. The monoisotopic (exact) mass is 264 g/mol. The fourth-order valence-corrected chi connectivity index (χ4v) is 6.88. The first-order valence-electron chi connectivity index (χ1n) is 7.96. The smallest absolute Gasteiger partial charge is 0.149 e. The van der Waals surface area contributed by atoms with Crippen molar-refractivity contribution in [1.82, 2.24) is 0 Å². The second kappa shape index (κ2) is 4.54. The quantitative estimate of drug-likeness (QED) is 0.752. The Morgan fingerprint density at radius 3 is 2.11 bits per heavy atom. The molecule has 18 heavy (non-hydrogen) atoms. The van der Waals surface area contributed by atoms with Gasteiger partial charge in [0.25, 0.3) is 0 Å². The van der Waals surface area contributed by atoms with Crippen LogP contribution in [0.1, 0.15) is 51.4 Å². The molecule has 5 aliphatic rings. The maximum atomic E-state index is 12.9. The van der Waals surface area contributed by atoms with E-state index in [9.17, 15) is 4.79 Å². The molecule has 0 amide bonds. The van der Waals surface area contributed by atoms with Crippen molar-refractivity contribution in [1.29, 1.82) is 0 Å². The summed E-state index contributed by atoms with van der Waals surface area (Å²) in [6, 6.07) is 0. The van der Waals surface area contributed by atoms with Gasteiger partial charge in [-0.25, -0.2) is 0 Å². The molecule has 5 fully saturated rings. The molecule has 5 rings (SSSR count). The zero-order valence-electron chi connectivity index (χ0n) is 11.1. The van der Waals surface area contributed by atoms with E-state index in [2.05, 4.69) is 0 Å². The van der Waals surface area contributed by atoms with Crippen LogP contribution in [0.2, 0.25) is 0 Å². The average Bonchev–Trinajstić information content (AvgIpc) is 2.38. The predicted octanol–water partition coefficient (Wildman–Crippen LogP) is 3.91.